The lowest BCUT2D eigenvalue weighted by atomic mass is 10.2. The highest BCUT2D eigenvalue weighted by atomic mass is 16.2. The number of rotatable bonds is 2. The summed E-state index contributed by atoms with van der Waals surface area (Å²) in [6.45, 7) is 1.90. The van der Waals surface area contributed by atoms with Gasteiger partial charge in [0.25, 0.3) is 0 Å². The number of H-pyrrole nitrogens is 1. The van der Waals surface area contributed by atoms with Gasteiger partial charge in [0.05, 0.1) is 6.20 Å². The summed E-state index contributed by atoms with van der Waals surface area (Å²) < 4.78 is 0. The van der Waals surface area contributed by atoms with Gasteiger partial charge in [0.15, 0.2) is 0 Å². The maximum Gasteiger partial charge on any atom is 0.315 e. The van der Waals surface area contributed by atoms with Gasteiger partial charge in [0.1, 0.15) is 5.82 Å². The Morgan fingerprint density at radius 1 is 1.17 bits per heavy atom. The van der Waals surface area contributed by atoms with Crippen LogP contribution in [0.1, 0.15) is 5.56 Å². The van der Waals surface area contributed by atoms with Crippen LogP contribution in [-0.4, -0.2) is 22.0 Å². The molecule has 1 aromatic heterocycles. The van der Waals surface area contributed by atoms with Crippen molar-refractivity contribution >= 4 is 23.3 Å². The molecule has 1 heterocycles. The van der Waals surface area contributed by atoms with Gasteiger partial charge < -0.3 is 10.6 Å². The summed E-state index contributed by atoms with van der Waals surface area (Å²) in [6, 6.07) is 8.76. The predicted molar refractivity (Wildman–Crippen MR) is 67.0 cm³/mol. The lowest BCUT2D eigenvalue weighted by Gasteiger charge is -2.05. The zero-order valence-electron chi connectivity index (χ0n) is 9.73. The maximum absolute atomic E-state index is 11.6. The summed E-state index contributed by atoms with van der Waals surface area (Å²) >= 11 is 0. The summed E-state index contributed by atoms with van der Waals surface area (Å²) in [7, 11) is 0. The number of nitrogens with one attached hydrogen (secondary N) is 3. The Kier molecular flexibility index (Phi) is 3.38. The molecule has 18 heavy (non-hydrogen) atoms. The number of amides is 2. The van der Waals surface area contributed by atoms with Crippen molar-refractivity contribution in [2.45, 2.75) is 6.92 Å². The first-order valence-corrected chi connectivity index (χ1v) is 5.33. The van der Waals surface area contributed by atoms with Gasteiger partial charge in [-0.1, -0.05) is 12.1 Å². The van der Waals surface area contributed by atoms with Gasteiger partial charge in [-0.15, -0.1) is 0 Å². The third kappa shape index (κ3) is 2.94. The second-order valence-electron chi connectivity index (χ2n) is 3.75. The van der Waals surface area contributed by atoms with E-state index in [1.807, 2.05) is 13.0 Å². The number of aromatic nitrogens is 2. The summed E-state index contributed by atoms with van der Waals surface area (Å²) in [5.41, 5.74) is 1.58. The normalized spacial score (nSPS) is 9.83. The lowest BCUT2D eigenvalue weighted by molar-refractivity contribution is -0.133. The maximum atomic E-state index is 11.6. The molecule has 0 atom stereocenters. The Balaban J connectivity index is 1.97. The number of nitrogens with zero attached hydrogens (tertiary/aromatic N) is 1. The van der Waals surface area contributed by atoms with Crippen LogP contribution in [0.3, 0.4) is 0 Å². The number of anilines is 2. The molecule has 0 bridgehead atoms. The molecule has 0 saturated heterocycles. The van der Waals surface area contributed by atoms with Crippen LogP contribution in [0.15, 0.2) is 36.5 Å². The molecule has 0 aliphatic carbocycles. The quantitative estimate of drug-likeness (QED) is 0.696. The highest BCUT2D eigenvalue weighted by molar-refractivity contribution is 6.43. The van der Waals surface area contributed by atoms with E-state index in [0.29, 0.717) is 11.5 Å². The van der Waals surface area contributed by atoms with Crippen LogP contribution < -0.4 is 10.6 Å². The standard InChI is InChI=1S/C12H12N4O2/c1-8-3-2-4-9(7-8)14-11(17)12(18)15-10-5-6-13-16-10/h2-7H,1H3,(H,14,17)(H2,13,15,16,18). The predicted octanol–water partition coefficient (Wildman–Crippen LogP) is 1.30. The molecule has 0 unspecified atom stereocenters. The van der Waals surface area contributed by atoms with E-state index in [1.54, 1.807) is 24.3 Å². The fourth-order valence-electron chi connectivity index (χ4n) is 1.42. The molecule has 0 radical (unpaired) electrons. The molecule has 2 rings (SSSR count). The smallest absolute Gasteiger partial charge is 0.315 e. The van der Waals surface area contributed by atoms with E-state index in [4.69, 9.17) is 0 Å². The van der Waals surface area contributed by atoms with Gasteiger partial charge >= 0.3 is 11.8 Å². The fourth-order valence-corrected chi connectivity index (χ4v) is 1.42. The van der Waals surface area contributed by atoms with Crippen molar-refractivity contribution < 1.29 is 9.59 Å². The van der Waals surface area contributed by atoms with Crippen molar-refractivity contribution in [3.63, 3.8) is 0 Å². The number of carbonyl (C=O) groups excluding carboxylic acids is 2. The Labute approximate surface area is 103 Å². The molecule has 2 aromatic rings. The average molecular weight is 244 g/mol. The largest absolute Gasteiger partial charge is 0.318 e. The van der Waals surface area contributed by atoms with E-state index < -0.39 is 11.8 Å². The molecule has 2 amide bonds. The highest BCUT2D eigenvalue weighted by Crippen LogP contribution is 2.09. The van der Waals surface area contributed by atoms with Crippen LogP contribution in [0.25, 0.3) is 0 Å². The first-order valence-electron chi connectivity index (χ1n) is 5.33. The minimum Gasteiger partial charge on any atom is -0.318 e. The average Bonchev–Trinajstić information content (AvgIpc) is 2.81. The number of hydrogen-bond acceptors (Lipinski definition) is 3. The fraction of sp³-hybridized carbons (Fsp3) is 0.0833. The van der Waals surface area contributed by atoms with Crippen LogP contribution in [0.4, 0.5) is 11.5 Å². The van der Waals surface area contributed by atoms with Crippen LogP contribution in [-0.2, 0) is 9.59 Å². The molecule has 0 aliphatic heterocycles. The molecule has 1 aromatic carbocycles. The van der Waals surface area contributed by atoms with Gasteiger partial charge in [-0.05, 0) is 24.6 Å². The van der Waals surface area contributed by atoms with Crippen molar-refractivity contribution in [2.24, 2.45) is 0 Å². The third-order valence-electron chi connectivity index (χ3n) is 2.23. The van der Waals surface area contributed by atoms with E-state index >= 15 is 0 Å². The van der Waals surface area contributed by atoms with Crippen LogP contribution in [0.5, 0.6) is 0 Å². The number of benzene rings is 1. The summed E-state index contributed by atoms with van der Waals surface area (Å²) in [5, 5.41) is 11.1. The first-order chi connectivity index (χ1) is 8.65. The Morgan fingerprint density at radius 2 is 1.94 bits per heavy atom. The van der Waals surface area contributed by atoms with Crippen molar-refractivity contribution in [1.82, 2.24) is 10.2 Å². The molecular weight excluding hydrogens is 232 g/mol. The van der Waals surface area contributed by atoms with Crippen molar-refractivity contribution in [3.8, 4) is 0 Å². The Bertz CT molecular complexity index is 563. The molecule has 92 valence electrons. The molecule has 6 nitrogen and oxygen atoms in total. The van der Waals surface area contributed by atoms with Crippen LogP contribution >= 0.6 is 0 Å². The highest BCUT2D eigenvalue weighted by Gasteiger charge is 2.14. The SMILES string of the molecule is Cc1cccc(NC(=O)C(=O)Nc2ccn[nH]2)c1. The van der Waals surface area contributed by atoms with Crippen molar-refractivity contribution in [3.05, 3.63) is 42.1 Å². The monoisotopic (exact) mass is 244 g/mol. The van der Waals surface area contributed by atoms with E-state index in [1.165, 1.54) is 6.20 Å². The molecule has 0 saturated carbocycles. The van der Waals surface area contributed by atoms with Crippen LogP contribution in [0, 0.1) is 6.92 Å². The number of hydrogen-bond donors (Lipinski definition) is 3. The Hall–Kier alpha value is -2.63. The minimum absolute atomic E-state index is 0.374. The number of aryl methyl sites for hydroxylation is 1. The van der Waals surface area contributed by atoms with Gasteiger partial charge in [-0.3, -0.25) is 14.7 Å². The molecule has 0 spiro atoms. The van der Waals surface area contributed by atoms with Crippen molar-refractivity contribution in [1.29, 1.82) is 0 Å². The summed E-state index contributed by atoms with van der Waals surface area (Å²) in [5.74, 6) is -1.10. The van der Waals surface area contributed by atoms with Crippen LogP contribution in [0.2, 0.25) is 0 Å². The number of aromatic amines is 1. The van der Waals surface area contributed by atoms with E-state index in [-0.39, 0.29) is 0 Å². The summed E-state index contributed by atoms with van der Waals surface area (Å²) in [6.07, 6.45) is 1.48. The van der Waals surface area contributed by atoms with Gasteiger partial charge in [0.2, 0.25) is 0 Å². The second kappa shape index (κ2) is 5.13. The van der Waals surface area contributed by atoms with Crippen molar-refractivity contribution in [2.75, 3.05) is 10.6 Å². The summed E-state index contributed by atoms with van der Waals surface area (Å²) in [4.78, 5) is 23.1. The molecular formula is C12H12N4O2. The van der Waals surface area contributed by atoms with Gasteiger partial charge in [-0.2, -0.15) is 5.10 Å². The lowest BCUT2D eigenvalue weighted by Crippen LogP contribution is -2.29. The third-order valence-corrected chi connectivity index (χ3v) is 2.23. The molecule has 0 aliphatic rings. The molecule has 3 N–H and O–H groups in total. The van der Waals surface area contributed by atoms with E-state index in [2.05, 4.69) is 20.8 Å². The molecule has 0 fully saturated rings. The minimum atomic E-state index is -0.749. The molecule has 6 heteroatoms. The van der Waals surface area contributed by atoms with Gasteiger partial charge in [-0.25, -0.2) is 0 Å². The van der Waals surface area contributed by atoms with Gasteiger partial charge in [0, 0.05) is 11.8 Å². The first kappa shape index (κ1) is 11.8. The zero-order valence-corrected chi connectivity index (χ0v) is 9.73. The van der Waals surface area contributed by atoms with E-state index in [0.717, 1.165) is 5.56 Å². The second-order valence-corrected chi connectivity index (χ2v) is 3.75. The Morgan fingerprint density at radius 3 is 2.61 bits per heavy atom. The number of carbonyl (C=O) groups is 2. The van der Waals surface area contributed by atoms with E-state index in [9.17, 15) is 9.59 Å². The zero-order chi connectivity index (χ0) is 13.0. The topological polar surface area (TPSA) is 86.9 Å².